The van der Waals surface area contributed by atoms with E-state index in [1.807, 2.05) is 32.0 Å². The maximum absolute atomic E-state index is 12.1. The zero-order valence-electron chi connectivity index (χ0n) is 11.3. The van der Waals surface area contributed by atoms with Gasteiger partial charge in [0.1, 0.15) is 5.82 Å². The molecular weight excluding hydrogens is 320 g/mol. The summed E-state index contributed by atoms with van der Waals surface area (Å²) in [5, 5.41) is 13.7. The van der Waals surface area contributed by atoms with Crippen molar-refractivity contribution in [3.63, 3.8) is 0 Å². The van der Waals surface area contributed by atoms with Gasteiger partial charge in [0.05, 0.1) is 0 Å². The minimum atomic E-state index is -0.276. The van der Waals surface area contributed by atoms with Crippen molar-refractivity contribution in [2.75, 3.05) is 17.2 Å². The summed E-state index contributed by atoms with van der Waals surface area (Å²) >= 11 is 3.43. The predicted molar refractivity (Wildman–Crippen MR) is 83.0 cm³/mol. The van der Waals surface area contributed by atoms with Gasteiger partial charge in [-0.15, -0.1) is 10.2 Å². The van der Waals surface area contributed by atoms with Crippen LogP contribution in [-0.2, 0) is 0 Å². The van der Waals surface area contributed by atoms with Crippen molar-refractivity contribution in [1.29, 1.82) is 0 Å². The van der Waals surface area contributed by atoms with Crippen LogP contribution in [0.4, 0.5) is 11.5 Å². The summed E-state index contributed by atoms with van der Waals surface area (Å²) in [5.41, 5.74) is 2.01. The molecule has 0 aliphatic carbocycles. The van der Waals surface area contributed by atoms with Gasteiger partial charge in [-0.3, -0.25) is 4.79 Å². The predicted octanol–water partition coefficient (Wildman–Crippen LogP) is 3.23. The Hall–Kier alpha value is -1.95. The summed E-state index contributed by atoms with van der Waals surface area (Å²) in [6, 6.07) is 9.02. The van der Waals surface area contributed by atoms with Crippen LogP contribution in [0.15, 0.2) is 34.8 Å². The van der Waals surface area contributed by atoms with Crippen LogP contribution in [0.25, 0.3) is 0 Å². The fraction of sp³-hybridized carbons (Fsp3) is 0.214. The Kier molecular flexibility index (Phi) is 4.68. The van der Waals surface area contributed by atoms with Gasteiger partial charge in [0, 0.05) is 16.7 Å². The molecule has 0 radical (unpaired) electrons. The Labute approximate surface area is 125 Å². The second-order valence-corrected chi connectivity index (χ2v) is 5.06. The van der Waals surface area contributed by atoms with Gasteiger partial charge in [0.15, 0.2) is 5.69 Å². The second kappa shape index (κ2) is 6.47. The number of anilines is 2. The third-order valence-electron chi connectivity index (χ3n) is 2.77. The third-order valence-corrected chi connectivity index (χ3v) is 3.63. The molecule has 2 aromatic rings. The van der Waals surface area contributed by atoms with Crippen molar-refractivity contribution >= 4 is 33.3 Å². The molecule has 1 aromatic carbocycles. The van der Waals surface area contributed by atoms with E-state index >= 15 is 0 Å². The van der Waals surface area contributed by atoms with E-state index in [2.05, 4.69) is 36.8 Å². The highest BCUT2D eigenvalue weighted by Gasteiger charge is 2.10. The third kappa shape index (κ3) is 3.33. The molecule has 104 valence electrons. The van der Waals surface area contributed by atoms with Gasteiger partial charge in [0.2, 0.25) is 0 Å². The SMILES string of the molecule is CCNc1ccc(C(=O)Nc2cccc(Br)c2C)nn1. The number of carbonyl (C=O) groups is 1. The first-order chi connectivity index (χ1) is 9.61. The van der Waals surface area contributed by atoms with E-state index in [4.69, 9.17) is 0 Å². The summed E-state index contributed by atoms with van der Waals surface area (Å²) in [4.78, 5) is 12.1. The number of benzene rings is 1. The minimum Gasteiger partial charge on any atom is -0.369 e. The molecule has 2 N–H and O–H groups in total. The number of rotatable bonds is 4. The number of amides is 1. The van der Waals surface area contributed by atoms with Gasteiger partial charge >= 0.3 is 0 Å². The lowest BCUT2D eigenvalue weighted by Crippen LogP contribution is -2.15. The van der Waals surface area contributed by atoms with E-state index in [1.165, 1.54) is 0 Å². The molecule has 1 heterocycles. The highest BCUT2D eigenvalue weighted by molar-refractivity contribution is 9.10. The molecular formula is C14H15BrN4O. The first-order valence-electron chi connectivity index (χ1n) is 6.26. The monoisotopic (exact) mass is 334 g/mol. The molecule has 0 spiro atoms. The average Bonchev–Trinajstić information content (AvgIpc) is 2.45. The van der Waals surface area contributed by atoms with Crippen LogP contribution in [0, 0.1) is 6.92 Å². The average molecular weight is 335 g/mol. The standard InChI is InChI=1S/C14H15BrN4O/c1-3-16-13-8-7-12(18-19-13)14(20)17-11-6-4-5-10(15)9(11)2/h4-8H,3H2,1-2H3,(H,16,19)(H,17,20). The number of halogens is 1. The lowest BCUT2D eigenvalue weighted by atomic mass is 10.2. The van der Waals surface area contributed by atoms with Crippen LogP contribution in [0.5, 0.6) is 0 Å². The second-order valence-electron chi connectivity index (χ2n) is 4.20. The van der Waals surface area contributed by atoms with E-state index in [-0.39, 0.29) is 11.6 Å². The molecule has 0 unspecified atom stereocenters. The molecule has 0 saturated heterocycles. The van der Waals surface area contributed by atoms with Crippen molar-refractivity contribution in [3.8, 4) is 0 Å². The smallest absolute Gasteiger partial charge is 0.276 e. The number of hydrogen-bond acceptors (Lipinski definition) is 4. The Balaban J connectivity index is 2.13. The Morgan fingerprint density at radius 2 is 2.05 bits per heavy atom. The van der Waals surface area contributed by atoms with Crippen LogP contribution in [-0.4, -0.2) is 22.6 Å². The highest BCUT2D eigenvalue weighted by Crippen LogP contribution is 2.23. The Morgan fingerprint density at radius 3 is 2.70 bits per heavy atom. The Bertz CT molecular complexity index is 613. The topological polar surface area (TPSA) is 66.9 Å². The van der Waals surface area contributed by atoms with Gasteiger partial charge < -0.3 is 10.6 Å². The van der Waals surface area contributed by atoms with Crippen molar-refractivity contribution in [3.05, 3.63) is 46.1 Å². The van der Waals surface area contributed by atoms with Gasteiger partial charge in [0.25, 0.3) is 5.91 Å². The minimum absolute atomic E-state index is 0.276. The highest BCUT2D eigenvalue weighted by atomic mass is 79.9. The van der Waals surface area contributed by atoms with Crippen LogP contribution >= 0.6 is 15.9 Å². The van der Waals surface area contributed by atoms with Crippen LogP contribution in [0.1, 0.15) is 23.0 Å². The molecule has 0 aliphatic rings. The summed E-state index contributed by atoms with van der Waals surface area (Å²) < 4.78 is 0.948. The number of nitrogens with zero attached hydrogens (tertiary/aromatic N) is 2. The fourth-order valence-corrected chi connectivity index (χ4v) is 2.02. The van der Waals surface area contributed by atoms with E-state index in [1.54, 1.807) is 12.1 Å². The van der Waals surface area contributed by atoms with E-state index in [9.17, 15) is 4.79 Å². The number of nitrogens with one attached hydrogen (secondary N) is 2. The van der Waals surface area contributed by atoms with Crippen molar-refractivity contribution in [2.24, 2.45) is 0 Å². The van der Waals surface area contributed by atoms with Crippen LogP contribution in [0.3, 0.4) is 0 Å². The van der Waals surface area contributed by atoms with E-state index in [0.29, 0.717) is 5.82 Å². The quantitative estimate of drug-likeness (QED) is 0.900. The molecule has 0 atom stereocenters. The van der Waals surface area contributed by atoms with Gasteiger partial charge in [-0.25, -0.2) is 0 Å². The fourth-order valence-electron chi connectivity index (χ4n) is 1.66. The van der Waals surface area contributed by atoms with Crippen molar-refractivity contribution < 1.29 is 4.79 Å². The maximum Gasteiger partial charge on any atom is 0.276 e. The molecule has 0 saturated carbocycles. The molecule has 20 heavy (non-hydrogen) atoms. The normalized spacial score (nSPS) is 10.2. The molecule has 0 aliphatic heterocycles. The largest absolute Gasteiger partial charge is 0.369 e. The summed E-state index contributed by atoms with van der Waals surface area (Å²) in [7, 11) is 0. The van der Waals surface area contributed by atoms with Crippen molar-refractivity contribution in [1.82, 2.24) is 10.2 Å². The van der Waals surface area contributed by atoms with Crippen LogP contribution in [0.2, 0.25) is 0 Å². The summed E-state index contributed by atoms with van der Waals surface area (Å²) in [6.45, 7) is 4.66. The van der Waals surface area contributed by atoms with Gasteiger partial charge in [-0.05, 0) is 43.7 Å². The number of hydrogen-bond donors (Lipinski definition) is 2. The molecule has 1 amide bonds. The zero-order valence-corrected chi connectivity index (χ0v) is 12.9. The van der Waals surface area contributed by atoms with Crippen molar-refractivity contribution in [2.45, 2.75) is 13.8 Å². The maximum atomic E-state index is 12.1. The summed E-state index contributed by atoms with van der Waals surface area (Å²) in [5.74, 6) is 0.379. The lowest BCUT2D eigenvalue weighted by molar-refractivity contribution is 0.102. The molecule has 6 heteroatoms. The molecule has 0 fully saturated rings. The van der Waals surface area contributed by atoms with Gasteiger partial charge in [-0.1, -0.05) is 22.0 Å². The summed E-state index contributed by atoms with van der Waals surface area (Å²) in [6.07, 6.45) is 0. The van der Waals surface area contributed by atoms with E-state index < -0.39 is 0 Å². The Morgan fingerprint density at radius 1 is 1.25 bits per heavy atom. The van der Waals surface area contributed by atoms with Gasteiger partial charge in [-0.2, -0.15) is 0 Å². The molecule has 0 bridgehead atoms. The zero-order chi connectivity index (χ0) is 14.5. The first-order valence-corrected chi connectivity index (χ1v) is 7.05. The lowest BCUT2D eigenvalue weighted by Gasteiger charge is -2.09. The molecule has 5 nitrogen and oxygen atoms in total. The molecule has 1 aromatic heterocycles. The van der Waals surface area contributed by atoms with Crippen LogP contribution < -0.4 is 10.6 Å². The number of carbonyl (C=O) groups excluding carboxylic acids is 1. The molecule has 2 rings (SSSR count). The number of aromatic nitrogens is 2. The van der Waals surface area contributed by atoms with E-state index in [0.717, 1.165) is 22.3 Å². The first kappa shape index (κ1) is 14.5.